The highest BCUT2D eigenvalue weighted by atomic mass is 19.1. The molecule has 8 nitrogen and oxygen atoms in total. The van der Waals surface area contributed by atoms with Crippen molar-refractivity contribution in [2.24, 2.45) is 0 Å². The van der Waals surface area contributed by atoms with Crippen molar-refractivity contribution >= 4 is 11.8 Å². The largest absolute Gasteiger partial charge is 0.353 e. The number of carbonyl (C=O) groups excluding carboxylic acids is 2. The van der Waals surface area contributed by atoms with Crippen molar-refractivity contribution < 1.29 is 37.3 Å². The molecule has 0 bridgehead atoms. The van der Waals surface area contributed by atoms with Gasteiger partial charge in [0.25, 0.3) is 11.8 Å². The fourth-order valence-electron chi connectivity index (χ4n) is 6.06. The number of hydrogen-bond donors (Lipinski definition) is 2. The zero-order valence-corrected chi connectivity index (χ0v) is 27.3. The smallest absolute Gasteiger partial charge is 0.279 e. The van der Waals surface area contributed by atoms with E-state index in [1.807, 2.05) is 0 Å². The van der Waals surface area contributed by atoms with Gasteiger partial charge in [0.05, 0.1) is 0 Å². The molecule has 3 fully saturated rings. The minimum Gasteiger partial charge on any atom is -0.353 e. The predicted molar refractivity (Wildman–Crippen MR) is 171 cm³/mol. The molecule has 1 saturated carbocycles. The van der Waals surface area contributed by atoms with Gasteiger partial charge >= 0.3 is 0 Å². The monoisotopic (exact) mass is 640 g/mol. The summed E-state index contributed by atoms with van der Waals surface area (Å²) in [5, 5.41) is 5.43. The van der Waals surface area contributed by atoms with Crippen molar-refractivity contribution in [3.05, 3.63) is 23.8 Å². The molecule has 2 saturated heterocycles. The third-order valence-corrected chi connectivity index (χ3v) is 8.76. The maximum atomic E-state index is 14.3. The molecule has 0 aromatic carbocycles. The molecule has 3 rings (SSSR count). The summed E-state index contributed by atoms with van der Waals surface area (Å²) in [6.07, 6.45) is 21.7. The van der Waals surface area contributed by atoms with Crippen LogP contribution in [0.4, 0.5) is 8.78 Å². The van der Waals surface area contributed by atoms with Crippen molar-refractivity contribution in [1.82, 2.24) is 10.6 Å². The molecule has 2 N–H and O–H groups in total. The number of hydrogen-bond acceptors (Lipinski definition) is 6. The molecule has 2 amide bonds. The molecular weight excluding hydrogens is 582 g/mol. The summed E-state index contributed by atoms with van der Waals surface area (Å²) in [7, 11) is 0. The number of ether oxygens (including phenoxy) is 4. The Balaban J connectivity index is 1.14. The van der Waals surface area contributed by atoms with Crippen LogP contribution in [0.2, 0.25) is 0 Å². The Labute approximate surface area is 269 Å². The molecule has 0 aromatic heterocycles. The summed E-state index contributed by atoms with van der Waals surface area (Å²) in [5.41, 5.74) is 0. The van der Waals surface area contributed by atoms with Gasteiger partial charge in [0.2, 0.25) is 0 Å². The van der Waals surface area contributed by atoms with Crippen molar-refractivity contribution in [3.8, 4) is 0 Å². The van der Waals surface area contributed by atoms with Crippen LogP contribution in [0.3, 0.4) is 0 Å². The molecule has 1 aliphatic carbocycles. The first-order valence-corrected chi connectivity index (χ1v) is 17.8. The number of halogens is 2. The zero-order valence-electron chi connectivity index (χ0n) is 27.3. The lowest BCUT2D eigenvalue weighted by molar-refractivity contribution is -0.163. The predicted octanol–water partition coefficient (Wildman–Crippen LogP) is 7.61. The van der Waals surface area contributed by atoms with E-state index in [-0.39, 0.29) is 24.7 Å². The number of unbranched alkanes of at least 4 members (excludes halogenated alkanes) is 10. The van der Waals surface area contributed by atoms with E-state index in [0.717, 1.165) is 103 Å². The Morgan fingerprint density at radius 1 is 0.600 bits per heavy atom. The van der Waals surface area contributed by atoms with Gasteiger partial charge in [-0.1, -0.05) is 38.5 Å². The maximum absolute atomic E-state index is 14.3. The molecule has 0 spiro atoms. The summed E-state index contributed by atoms with van der Waals surface area (Å²) in [6, 6.07) is -0.480. The Morgan fingerprint density at radius 3 is 1.44 bits per heavy atom. The average molecular weight is 641 g/mol. The number of allylic oxidation sites excluding steroid dienone is 2. The second-order valence-corrected chi connectivity index (χ2v) is 12.7. The quantitative estimate of drug-likeness (QED) is 0.0934. The first-order valence-electron chi connectivity index (χ1n) is 17.8. The van der Waals surface area contributed by atoms with Crippen molar-refractivity contribution in [2.45, 2.75) is 160 Å². The summed E-state index contributed by atoms with van der Waals surface area (Å²) >= 11 is 0. The van der Waals surface area contributed by atoms with Crippen molar-refractivity contribution in [1.29, 1.82) is 0 Å². The van der Waals surface area contributed by atoms with E-state index in [0.29, 0.717) is 45.3 Å². The highest BCUT2D eigenvalue weighted by Gasteiger charge is 2.28. The highest BCUT2D eigenvalue weighted by Crippen LogP contribution is 2.21. The third-order valence-electron chi connectivity index (χ3n) is 8.76. The maximum Gasteiger partial charge on any atom is 0.279 e. The van der Waals surface area contributed by atoms with Crippen LogP contribution in [-0.2, 0) is 28.5 Å². The van der Waals surface area contributed by atoms with Crippen LogP contribution in [-0.4, -0.2) is 62.9 Å². The van der Waals surface area contributed by atoms with Crippen LogP contribution in [0, 0.1) is 0 Å². The van der Waals surface area contributed by atoms with Crippen molar-refractivity contribution in [2.75, 3.05) is 26.4 Å². The van der Waals surface area contributed by atoms with Crippen LogP contribution in [0.25, 0.3) is 0 Å². The standard InChI is InChI=1S/C35H58F2N2O6/c36-30(17-9-5-1-3-7-13-23-42-32-19-11-15-25-44-32)34(40)38-28-21-22-29(27-28)39-35(41)31(37)18-10-6-2-4-8-14-24-43-33-20-12-16-26-45-33/h17-18,28-29,32-33H,1-16,19-27H2,(H,38,40)(H,39,41)/b30-17-,31-18+/t28-,29+,32?,33?/m1/s1. The number of amides is 2. The van der Waals surface area contributed by atoms with Gasteiger partial charge < -0.3 is 29.6 Å². The van der Waals surface area contributed by atoms with E-state index in [1.165, 1.54) is 25.0 Å². The summed E-state index contributed by atoms with van der Waals surface area (Å²) in [6.45, 7) is 3.01. The van der Waals surface area contributed by atoms with E-state index in [2.05, 4.69) is 10.6 Å². The molecule has 2 heterocycles. The molecule has 10 heteroatoms. The van der Waals surface area contributed by atoms with Crippen LogP contribution in [0.15, 0.2) is 23.8 Å². The lowest BCUT2D eigenvalue weighted by Crippen LogP contribution is -2.37. The molecule has 2 unspecified atom stereocenters. The topological polar surface area (TPSA) is 95.1 Å². The normalized spacial score (nSPS) is 24.5. The fraction of sp³-hybridized carbons (Fsp3) is 0.829. The minimum absolute atomic E-state index is 0.0360. The Hall–Kier alpha value is -1.88. The van der Waals surface area contributed by atoms with E-state index >= 15 is 0 Å². The van der Waals surface area contributed by atoms with Gasteiger partial charge in [0, 0.05) is 38.5 Å². The van der Waals surface area contributed by atoms with E-state index in [1.54, 1.807) is 0 Å². The molecule has 45 heavy (non-hydrogen) atoms. The SMILES string of the molecule is O=C(N[C@@H]1CC[C@H](NC(=O)/C(F)=C\CCCCCCCOC2CCCCO2)C1)/C(F)=C/CCCCCCCOC1CCCCO1. The first-order chi connectivity index (χ1) is 22.0. The van der Waals surface area contributed by atoms with Gasteiger partial charge in [0.1, 0.15) is 0 Å². The van der Waals surface area contributed by atoms with Gasteiger partial charge in [-0.2, -0.15) is 0 Å². The van der Waals surface area contributed by atoms with Crippen molar-refractivity contribution in [3.63, 3.8) is 0 Å². The van der Waals surface area contributed by atoms with E-state index in [9.17, 15) is 18.4 Å². The Morgan fingerprint density at radius 2 is 1.02 bits per heavy atom. The van der Waals surface area contributed by atoms with Gasteiger partial charge in [0.15, 0.2) is 24.2 Å². The lowest BCUT2D eigenvalue weighted by atomic mass is 10.1. The minimum atomic E-state index is -0.764. The first kappa shape index (κ1) is 37.6. The lowest BCUT2D eigenvalue weighted by Gasteiger charge is -2.22. The van der Waals surface area contributed by atoms with E-state index < -0.39 is 23.5 Å². The van der Waals surface area contributed by atoms with Gasteiger partial charge in [-0.05, 0) is 108 Å². The van der Waals surface area contributed by atoms with Crippen LogP contribution in [0.1, 0.15) is 135 Å². The van der Waals surface area contributed by atoms with Gasteiger partial charge in [-0.25, -0.2) is 8.78 Å². The van der Waals surface area contributed by atoms with Gasteiger partial charge in [-0.15, -0.1) is 0 Å². The molecule has 4 atom stereocenters. The number of nitrogens with one attached hydrogen (secondary N) is 2. The Kier molecular flexibility index (Phi) is 19.6. The number of carbonyl (C=O) groups is 2. The molecule has 0 radical (unpaired) electrons. The van der Waals surface area contributed by atoms with Crippen LogP contribution >= 0.6 is 0 Å². The number of rotatable bonds is 22. The van der Waals surface area contributed by atoms with Crippen LogP contribution < -0.4 is 10.6 Å². The van der Waals surface area contributed by atoms with E-state index in [4.69, 9.17) is 18.9 Å². The molecule has 258 valence electrons. The summed E-state index contributed by atoms with van der Waals surface area (Å²) < 4.78 is 51.2. The van der Waals surface area contributed by atoms with Gasteiger partial charge in [-0.3, -0.25) is 9.59 Å². The Bertz CT molecular complexity index is 819. The third kappa shape index (κ3) is 17.0. The second-order valence-electron chi connectivity index (χ2n) is 12.7. The molecular formula is C35H58F2N2O6. The molecule has 3 aliphatic rings. The second kappa shape index (κ2) is 23.4. The average Bonchev–Trinajstić information content (AvgIpc) is 3.50. The zero-order chi connectivity index (χ0) is 32.0. The van der Waals surface area contributed by atoms with Crippen LogP contribution in [0.5, 0.6) is 0 Å². The summed E-state index contributed by atoms with van der Waals surface area (Å²) in [4.78, 5) is 24.5. The fourth-order valence-corrected chi connectivity index (χ4v) is 6.06. The summed E-state index contributed by atoms with van der Waals surface area (Å²) in [5.74, 6) is -2.96. The molecule has 0 aromatic rings. The highest BCUT2D eigenvalue weighted by molar-refractivity contribution is 5.92. The molecule has 2 aliphatic heterocycles.